The van der Waals surface area contributed by atoms with Crippen LogP contribution in [0.1, 0.15) is 18.1 Å². The van der Waals surface area contributed by atoms with Crippen LogP contribution in [0.4, 0.5) is 11.4 Å². The molecule has 0 aliphatic heterocycles. The van der Waals surface area contributed by atoms with Gasteiger partial charge in [-0.3, -0.25) is 4.79 Å². The lowest BCUT2D eigenvalue weighted by molar-refractivity contribution is -0.118. The van der Waals surface area contributed by atoms with Crippen LogP contribution in [0.3, 0.4) is 0 Å². The van der Waals surface area contributed by atoms with Gasteiger partial charge in [-0.25, -0.2) is 0 Å². The zero-order chi connectivity index (χ0) is 22.2. The quantitative estimate of drug-likeness (QED) is 0.389. The van der Waals surface area contributed by atoms with Gasteiger partial charge in [0.25, 0.3) is 5.91 Å². The molecule has 0 radical (unpaired) electrons. The predicted molar refractivity (Wildman–Crippen MR) is 123 cm³/mol. The highest BCUT2D eigenvalue weighted by atomic mass is 35.5. The van der Waals surface area contributed by atoms with Gasteiger partial charge in [-0.1, -0.05) is 29.3 Å². The summed E-state index contributed by atoms with van der Waals surface area (Å²) in [6, 6.07) is 17.7. The molecule has 3 aromatic carbocycles. The molecule has 3 N–H and O–H groups in total. The molecule has 162 valence electrons. The minimum absolute atomic E-state index is 0.171. The molecule has 0 saturated heterocycles. The summed E-state index contributed by atoms with van der Waals surface area (Å²) in [5.74, 6) is 0.840. The highest BCUT2D eigenvalue weighted by Crippen LogP contribution is 2.34. The van der Waals surface area contributed by atoms with Gasteiger partial charge in [0.1, 0.15) is 5.75 Å². The summed E-state index contributed by atoms with van der Waals surface area (Å²) in [6.07, 6.45) is 0. The number of aryl methyl sites for hydroxylation is 1. The first-order valence-electron chi connectivity index (χ1n) is 9.92. The molecule has 31 heavy (non-hydrogen) atoms. The maximum absolute atomic E-state index is 12.2. The second-order valence-electron chi connectivity index (χ2n) is 6.93. The van der Waals surface area contributed by atoms with Crippen molar-refractivity contribution in [2.24, 2.45) is 0 Å². The zero-order valence-corrected chi connectivity index (χ0v) is 18.2. The highest BCUT2D eigenvalue weighted by Gasteiger charge is 2.13. The van der Waals surface area contributed by atoms with Gasteiger partial charge in [0.15, 0.2) is 18.1 Å². The Morgan fingerprint density at radius 3 is 2.29 bits per heavy atom. The van der Waals surface area contributed by atoms with E-state index >= 15 is 0 Å². The van der Waals surface area contributed by atoms with Crippen LogP contribution in [0.5, 0.6) is 17.2 Å². The first kappa shape index (κ1) is 22.3. The fourth-order valence-corrected chi connectivity index (χ4v) is 3.07. The summed E-state index contributed by atoms with van der Waals surface area (Å²) in [5, 5.41) is 15.9. The second kappa shape index (κ2) is 10.6. The summed E-state index contributed by atoms with van der Waals surface area (Å²) in [5.41, 5.74) is 3.48. The van der Waals surface area contributed by atoms with Crippen molar-refractivity contribution in [3.63, 3.8) is 0 Å². The number of phenols is 1. The maximum atomic E-state index is 12.2. The van der Waals surface area contributed by atoms with Crippen molar-refractivity contribution >= 4 is 28.9 Å². The molecule has 0 unspecified atom stereocenters. The lowest BCUT2D eigenvalue weighted by Crippen LogP contribution is -2.20. The van der Waals surface area contributed by atoms with E-state index in [9.17, 15) is 9.90 Å². The van der Waals surface area contributed by atoms with Crippen molar-refractivity contribution in [2.75, 3.05) is 23.8 Å². The molecule has 6 nitrogen and oxygen atoms in total. The molecule has 0 bridgehead atoms. The van der Waals surface area contributed by atoms with Crippen LogP contribution in [0.25, 0.3) is 0 Å². The molecule has 7 heteroatoms. The van der Waals surface area contributed by atoms with E-state index in [4.69, 9.17) is 21.1 Å². The molecule has 0 saturated carbocycles. The lowest BCUT2D eigenvalue weighted by Gasteiger charge is -2.15. The average Bonchev–Trinajstić information content (AvgIpc) is 2.75. The lowest BCUT2D eigenvalue weighted by atomic mass is 10.2. The fourth-order valence-electron chi connectivity index (χ4n) is 2.85. The van der Waals surface area contributed by atoms with E-state index in [-0.39, 0.29) is 18.3 Å². The Balaban J connectivity index is 1.65. The summed E-state index contributed by atoms with van der Waals surface area (Å²) in [7, 11) is 0. The summed E-state index contributed by atoms with van der Waals surface area (Å²) >= 11 is 6.44. The van der Waals surface area contributed by atoms with Gasteiger partial charge in [-0.05, 0) is 61.9 Å². The van der Waals surface area contributed by atoms with Crippen molar-refractivity contribution in [1.82, 2.24) is 0 Å². The molecule has 0 atom stereocenters. The van der Waals surface area contributed by atoms with Crippen LogP contribution in [-0.2, 0) is 11.3 Å². The number of phenolic OH excluding ortho intramolecular Hbond substituents is 1. The number of nitrogens with one attached hydrogen (secondary N) is 2. The molecule has 0 fully saturated rings. The van der Waals surface area contributed by atoms with Crippen molar-refractivity contribution < 1.29 is 19.4 Å². The highest BCUT2D eigenvalue weighted by molar-refractivity contribution is 6.31. The maximum Gasteiger partial charge on any atom is 0.262 e. The van der Waals surface area contributed by atoms with E-state index in [1.165, 1.54) is 0 Å². The fraction of sp³-hybridized carbons (Fsp3) is 0.208. The van der Waals surface area contributed by atoms with Crippen molar-refractivity contribution in [3.8, 4) is 17.2 Å². The minimum atomic E-state index is -0.277. The van der Waals surface area contributed by atoms with E-state index in [2.05, 4.69) is 10.6 Å². The monoisotopic (exact) mass is 440 g/mol. The Labute approximate surface area is 186 Å². The van der Waals surface area contributed by atoms with E-state index in [1.807, 2.05) is 38.1 Å². The smallest absolute Gasteiger partial charge is 0.262 e. The molecule has 0 aliphatic rings. The van der Waals surface area contributed by atoms with Gasteiger partial charge < -0.3 is 25.2 Å². The van der Waals surface area contributed by atoms with Crippen molar-refractivity contribution in [3.05, 3.63) is 76.8 Å². The number of amides is 1. The zero-order valence-electron chi connectivity index (χ0n) is 17.4. The third-order valence-electron chi connectivity index (χ3n) is 4.46. The topological polar surface area (TPSA) is 79.8 Å². The first-order chi connectivity index (χ1) is 14.9. The van der Waals surface area contributed by atoms with E-state index in [1.54, 1.807) is 36.4 Å². The van der Waals surface area contributed by atoms with Gasteiger partial charge in [0.05, 0.1) is 6.61 Å². The number of carbonyl (C=O) groups is 1. The van der Waals surface area contributed by atoms with Crippen LogP contribution in [0.15, 0.2) is 60.7 Å². The Bertz CT molecular complexity index is 1020. The van der Waals surface area contributed by atoms with Crippen LogP contribution < -0.4 is 20.1 Å². The summed E-state index contributed by atoms with van der Waals surface area (Å²) in [6.45, 7) is 4.58. The normalized spacial score (nSPS) is 10.4. The van der Waals surface area contributed by atoms with Crippen LogP contribution in [0, 0.1) is 6.92 Å². The van der Waals surface area contributed by atoms with Crippen LogP contribution >= 0.6 is 11.6 Å². The Kier molecular flexibility index (Phi) is 7.62. The number of rotatable bonds is 9. The van der Waals surface area contributed by atoms with Gasteiger partial charge in [-0.2, -0.15) is 0 Å². The van der Waals surface area contributed by atoms with Crippen LogP contribution in [-0.4, -0.2) is 24.2 Å². The minimum Gasteiger partial charge on any atom is -0.508 e. The Morgan fingerprint density at radius 2 is 1.61 bits per heavy atom. The molecule has 0 heterocycles. The molecule has 0 spiro atoms. The van der Waals surface area contributed by atoms with Gasteiger partial charge in [0, 0.05) is 29.0 Å². The standard InChI is InChI=1S/C24H25ClN2O4/c1-3-30-22-12-17(14-26-18-8-10-20(28)11-9-18)21(25)13-23(22)31-15-24(29)27-19-6-4-16(2)5-7-19/h4-13,26,28H,3,14-15H2,1-2H3,(H,27,29). The van der Waals surface area contributed by atoms with Gasteiger partial charge >= 0.3 is 0 Å². The molecule has 0 aromatic heterocycles. The molecule has 1 amide bonds. The first-order valence-corrected chi connectivity index (χ1v) is 10.3. The number of anilines is 2. The third kappa shape index (κ3) is 6.55. The third-order valence-corrected chi connectivity index (χ3v) is 4.81. The molecular formula is C24H25ClN2O4. The largest absolute Gasteiger partial charge is 0.508 e. The number of halogens is 1. The van der Waals surface area contributed by atoms with E-state index < -0.39 is 0 Å². The van der Waals surface area contributed by atoms with E-state index in [0.29, 0.717) is 35.4 Å². The average molecular weight is 441 g/mol. The molecule has 3 rings (SSSR count). The molecule has 0 aliphatic carbocycles. The van der Waals surface area contributed by atoms with Gasteiger partial charge in [-0.15, -0.1) is 0 Å². The van der Waals surface area contributed by atoms with Crippen molar-refractivity contribution in [2.45, 2.75) is 20.4 Å². The van der Waals surface area contributed by atoms with E-state index in [0.717, 1.165) is 16.8 Å². The SMILES string of the molecule is CCOc1cc(CNc2ccc(O)cc2)c(Cl)cc1OCC(=O)Nc1ccc(C)cc1. The van der Waals surface area contributed by atoms with Crippen molar-refractivity contribution in [1.29, 1.82) is 0 Å². The number of aromatic hydroxyl groups is 1. The second-order valence-corrected chi connectivity index (χ2v) is 7.33. The number of hydrogen-bond acceptors (Lipinski definition) is 5. The van der Waals surface area contributed by atoms with Gasteiger partial charge in [0.2, 0.25) is 0 Å². The molecule has 3 aromatic rings. The molecular weight excluding hydrogens is 416 g/mol. The number of benzene rings is 3. The predicted octanol–water partition coefficient (Wildman–Crippen LogP) is 5.38. The van der Waals surface area contributed by atoms with Crippen LogP contribution in [0.2, 0.25) is 5.02 Å². The number of hydrogen-bond donors (Lipinski definition) is 3. The Hall–Kier alpha value is -3.38. The Morgan fingerprint density at radius 1 is 0.968 bits per heavy atom. The summed E-state index contributed by atoms with van der Waals surface area (Å²) in [4.78, 5) is 12.2. The summed E-state index contributed by atoms with van der Waals surface area (Å²) < 4.78 is 11.4. The number of carbonyl (C=O) groups excluding carboxylic acids is 1. The number of ether oxygens (including phenoxy) is 2.